The van der Waals surface area contributed by atoms with Crippen molar-refractivity contribution in [1.82, 2.24) is 5.16 Å². The Morgan fingerprint density at radius 2 is 1.78 bits per heavy atom. The van der Waals surface area contributed by atoms with E-state index in [-0.39, 0.29) is 23.7 Å². The zero-order valence-electron chi connectivity index (χ0n) is 14.2. The summed E-state index contributed by atoms with van der Waals surface area (Å²) in [6.45, 7) is -0.0959. The van der Waals surface area contributed by atoms with Crippen molar-refractivity contribution in [3.05, 3.63) is 71.4 Å². The molecule has 6 nitrogen and oxygen atoms in total. The van der Waals surface area contributed by atoms with E-state index in [1.807, 2.05) is 0 Å². The molecule has 0 aliphatic rings. The Labute approximate surface area is 161 Å². The van der Waals surface area contributed by atoms with Crippen LogP contribution >= 0.6 is 11.6 Å². The summed E-state index contributed by atoms with van der Waals surface area (Å²) in [6.07, 6.45) is -0.237. The summed E-state index contributed by atoms with van der Waals surface area (Å²) in [5.41, 5.74) is 1.22. The molecule has 0 N–H and O–H groups in total. The second-order valence-electron chi connectivity index (χ2n) is 5.73. The summed E-state index contributed by atoms with van der Waals surface area (Å²) in [4.78, 5) is 12.0. The van der Waals surface area contributed by atoms with Gasteiger partial charge in [-0.05, 0) is 36.4 Å². The molecule has 0 aliphatic heterocycles. The van der Waals surface area contributed by atoms with Gasteiger partial charge in [-0.15, -0.1) is 0 Å². The number of carbonyl (C=O) groups excluding carboxylic acids is 1. The highest BCUT2D eigenvalue weighted by Crippen LogP contribution is 2.22. The lowest BCUT2D eigenvalue weighted by Gasteiger charge is -2.04. The summed E-state index contributed by atoms with van der Waals surface area (Å²) < 4.78 is 34.6. The standard InChI is InChI=1S/C19H16ClNO5S/c20-15-8-6-14(7-9-15)18-12-16(21-26-18)13-25-19(22)10-11-27(23,24)17-4-2-1-3-5-17/h1-9,12H,10-11,13H2. The molecule has 0 spiro atoms. The van der Waals surface area contributed by atoms with E-state index < -0.39 is 15.8 Å². The van der Waals surface area contributed by atoms with Gasteiger partial charge in [0.1, 0.15) is 12.3 Å². The zero-order chi connectivity index (χ0) is 19.3. The van der Waals surface area contributed by atoms with Crippen molar-refractivity contribution in [3.63, 3.8) is 0 Å². The Morgan fingerprint density at radius 3 is 2.48 bits per heavy atom. The summed E-state index contributed by atoms with van der Waals surface area (Å²) in [7, 11) is -3.52. The number of halogens is 1. The SMILES string of the molecule is O=C(CCS(=O)(=O)c1ccccc1)OCc1cc(-c2ccc(Cl)cc2)on1. The number of hydrogen-bond donors (Lipinski definition) is 0. The highest BCUT2D eigenvalue weighted by molar-refractivity contribution is 7.91. The fourth-order valence-electron chi connectivity index (χ4n) is 2.32. The molecule has 0 atom stereocenters. The minimum Gasteiger partial charge on any atom is -0.459 e. The third-order valence-corrected chi connectivity index (χ3v) is 5.73. The lowest BCUT2D eigenvalue weighted by atomic mass is 10.2. The number of nitrogens with zero attached hydrogens (tertiary/aromatic N) is 1. The Bertz CT molecular complexity index is 1010. The molecule has 0 saturated carbocycles. The van der Waals surface area contributed by atoms with Crippen molar-refractivity contribution >= 4 is 27.4 Å². The molecule has 140 valence electrons. The van der Waals surface area contributed by atoms with Gasteiger partial charge in [0, 0.05) is 16.7 Å². The van der Waals surface area contributed by atoms with Gasteiger partial charge in [-0.3, -0.25) is 4.79 Å². The van der Waals surface area contributed by atoms with Gasteiger partial charge in [-0.25, -0.2) is 8.42 Å². The number of hydrogen-bond acceptors (Lipinski definition) is 6. The first-order chi connectivity index (χ1) is 12.9. The quantitative estimate of drug-likeness (QED) is 0.554. The van der Waals surface area contributed by atoms with E-state index in [1.165, 1.54) is 12.1 Å². The van der Waals surface area contributed by atoms with Crippen LogP contribution in [0.4, 0.5) is 0 Å². The van der Waals surface area contributed by atoms with Crippen molar-refractivity contribution in [3.8, 4) is 11.3 Å². The van der Waals surface area contributed by atoms with E-state index in [0.717, 1.165) is 5.56 Å². The highest BCUT2D eigenvalue weighted by Gasteiger charge is 2.17. The molecular weight excluding hydrogens is 390 g/mol. The molecule has 3 rings (SSSR count). The van der Waals surface area contributed by atoms with Crippen LogP contribution in [0.3, 0.4) is 0 Å². The number of carbonyl (C=O) groups is 1. The van der Waals surface area contributed by atoms with Gasteiger partial charge >= 0.3 is 5.97 Å². The Kier molecular flexibility index (Phi) is 5.93. The number of rotatable bonds is 7. The molecule has 0 radical (unpaired) electrons. The van der Waals surface area contributed by atoms with Crippen LogP contribution in [0.15, 0.2) is 70.1 Å². The topological polar surface area (TPSA) is 86.5 Å². The molecule has 0 bridgehead atoms. The van der Waals surface area contributed by atoms with Gasteiger partial charge in [0.15, 0.2) is 15.6 Å². The van der Waals surface area contributed by atoms with Crippen LogP contribution < -0.4 is 0 Å². The summed E-state index contributed by atoms with van der Waals surface area (Å²) in [5, 5.41) is 4.45. The molecule has 0 aliphatic carbocycles. The van der Waals surface area contributed by atoms with Crippen LogP contribution in [-0.4, -0.2) is 25.3 Å². The molecule has 3 aromatic rings. The van der Waals surface area contributed by atoms with Gasteiger partial charge in [-0.2, -0.15) is 0 Å². The molecule has 1 heterocycles. The van der Waals surface area contributed by atoms with E-state index in [0.29, 0.717) is 16.5 Å². The van der Waals surface area contributed by atoms with Crippen molar-refractivity contribution in [1.29, 1.82) is 0 Å². The van der Waals surface area contributed by atoms with Crippen LogP contribution in [0, 0.1) is 0 Å². The van der Waals surface area contributed by atoms with Crippen LogP contribution in [0.5, 0.6) is 0 Å². The number of benzene rings is 2. The van der Waals surface area contributed by atoms with Gasteiger partial charge in [0.2, 0.25) is 0 Å². The smallest absolute Gasteiger partial charge is 0.307 e. The predicted octanol–water partition coefficient (Wildman–Crippen LogP) is 3.90. The summed E-state index contributed by atoms with van der Waals surface area (Å²) >= 11 is 5.84. The van der Waals surface area contributed by atoms with Crippen molar-refractivity contribution in [2.24, 2.45) is 0 Å². The molecule has 0 saturated heterocycles. The third-order valence-electron chi connectivity index (χ3n) is 3.75. The monoisotopic (exact) mass is 405 g/mol. The Balaban J connectivity index is 1.52. The normalized spacial score (nSPS) is 11.3. The van der Waals surface area contributed by atoms with E-state index in [4.69, 9.17) is 20.9 Å². The molecule has 0 unspecified atom stereocenters. The molecule has 0 amide bonds. The van der Waals surface area contributed by atoms with E-state index >= 15 is 0 Å². The number of ether oxygens (including phenoxy) is 1. The molecular formula is C19H16ClNO5S. The van der Waals surface area contributed by atoms with Crippen LogP contribution in [-0.2, 0) is 26.0 Å². The van der Waals surface area contributed by atoms with E-state index in [1.54, 1.807) is 48.5 Å². The molecule has 27 heavy (non-hydrogen) atoms. The summed E-state index contributed by atoms with van der Waals surface area (Å²) in [6, 6.07) is 16.7. The van der Waals surface area contributed by atoms with Crippen molar-refractivity contribution in [2.75, 3.05) is 5.75 Å². The Hall–Kier alpha value is -2.64. The molecule has 8 heteroatoms. The third kappa shape index (κ3) is 5.18. The van der Waals surface area contributed by atoms with Crippen molar-refractivity contribution < 1.29 is 22.5 Å². The van der Waals surface area contributed by atoms with Gasteiger partial charge < -0.3 is 9.26 Å². The lowest BCUT2D eigenvalue weighted by Crippen LogP contribution is -2.13. The fourth-order valence-corrected chi connectivity index (χ4v) is 3.69. The van der Waals surface area contributed by atoms with Gasteiger partial charge in [0.25, 0.3) is 0 Å². The van der Waals surface area contributed by atoms with Crippen LogP contribution in [0.2, 0.25) is 5.02 Å². The molecule has 0 fully saturated rings. The maximum Gasteiger partial charge on any atom is 0.307 e. The highest BCUT2D eigenvalue weighted by atomic mass is 35.5. The van der Waals surface area contributed by atoms with E-state index in [2.05, 4.69) is 5.16 Å². The largest absolute Gasteiger partial charge is 0.459 e. The maximum absolute atomic E-state index is 12.2. The average molecular weight is 406 g/mol. The summed E-state index contributed by atoms with van der Waals surface area (Å²) in [5.74, 6) is -0.417. The number of esters is 1. The predicted molar refractivity (Wildman–Crippen MR) is 99.9 cm³/mol. The minimum absolute atomic E-state index is 0.0959. The van der Waals surface area contributed by atoms with E-state index in [9.17, 15) is 13.2 Å². The first-order valence-corrected chi connectivity index (χ1v) is 10.1. The zero-order valence-corrected chi connectivity index (χ0v) is 15.7. The van der Waals surface area contributed by atoms with Gasteiger partial charge in [0.05, 0.1) is 17.1 Å². The number of sulfone groups is 1. The number of aromatic nitrogens is 1. The maximum atomic E-state index is 12.2. The molecule has 1 aromatic heterocycles. The Morgan fingerprint density at radius 1 is 1.07 bits per heavy atom. The fraction of sp³-hybridized carbons (Fsp3) is 0.158. The minimum atomic E-state index is -3.52. The second-order valence-corrected chi connectivity index (χ2v) is 8.28. The van der Waals surface area contributed by atoms with Crippen LogP contribution in [0.1, 0.15) is 12.1 Å². The average Bonchev–Trinajstić information content (AvgIpc) is 3.15. The van der Waals surface area contributed by atoms with Crippen molar-refractivity contribution in [2.45, 2.75) is 17.9 Å². The first kappa shape index (κ1) is 19.1. The first-order valence-electron chi connectivity index (χ1n) is 8.09. The molecule has 2 aromatic carbocycles. The van der Waals surface area contributed by atoms with Crippen LogP contribution in [0.25, 0.3) is 11.3 Å². The second kappa shape index (κ2) is 8.37. The van der Waals surface area contributed by atoms with Gasteiger partial charge in [-0.1, -0.05) is 35.0 Å². The lowest BCUT2D eigenvalue weighted by molar-refractivity contribution is -0.144.